The summed E-state index contributed by atoms with van der Waals surface area (Å²) in [5.41, 5.74) is 7.46. The Morgan fingerprint density at radius 3 is 2.60 bits per heavy atom. The lowest BCUT2D eigenvalue weighted by atomic mass is 9.91. The van der Waals surface area contributed by atoms with Crippen molar-refractivity contribution in [2.45, 2.75) is 44.7 Å². The minimum absolute atomic E-state index is 0.126. The molecule has 1 aromatic carbocycles. The molecule has 1 aliphatic rings. The van der Waals surface area contributed by atoms with Gasteiger partial charge in [-0.25, -0.2) is 0 Å². The standard InChI is InChI=1S/C17H28N2O/c1-13(11-14-7-5-6-8-16(14)20-4)19(3)17(2,12-18)15-9-10-15/h5-8,13,15H,9-12,18H2,1-4H3. The monoisotopic (exact) mass is 276 g/mol. The van der Waals surface area contributed by atoms with Crippen LogP contribution in [0, 0.1) is 5.92 Å². The van der Waals surface area contributed by atoms with Crippen molar-refractivity contribution >= 4 is 0 Å². The van der Waals surface area contributed by atoms with Crippen molar-refractivity contribution in [2.24, 2.45) is 11.7 Å². The Bertz CT molecular complexity index is 444. The lowest BCUT2D eigenvalue weighted by Crippen LogP contribution is -2.55. The number of rotatable bonds is 7. The number of nitrogens with two attached hydrogens (primary N) is 1. The summed E-state index contributed by atoms with van der Waals surface area (Å²) < 4.78 is 5.45. The molecule has 0 radical (unpaired) electrons. The third kappa shape index (κ3) is 2.99. The molecule has 112 valence electrons. The zero-order valence-corrected chi connectivity index (χ0v) is 13.2. The zero-order chi connectivity index (χ0) is 14.8. The number of hydrogen-bond acceptors (Lipinski definition) is 3. The van der Waals surface area contributed by atoms with E-state index in [2.05, 4.69) is 37.9 Å². The second kappa shape index (κ2) is 6.15. The lowest BCUT2D eigenvalue weighted by molar-refractivity contribution is 0.0799. The van der Waals surface area contributed by atoms with E-state index in [-0.39, 0.29) is 5.54 Å². The maximum Gasteiger partial charge on any atom is 0.122 e. The summed E-state index contributed by atoms with van der Waals surface area (Å²) in [6.45, 7) is 5.32. The molecule has 0 amide bonds. The molecule has 0 bridgehead atoms. The minimum Gasteiger partial charge on any atom is -0.496 e. The summed E-state index contributed by atoms with van der Waals surface area (Å²) in [5, 5.41) is 0. The van der Waals surface area contributed by atoms with Crippen molar-refractivity contribution in [1.82, 2.24) is 4.90 Å². The Labute approximate surface area is 123 Å². The van der Waals surface area contributed by atoms with E-state index in [0.29, 0.717) is 6.04 Å². The first-order chi connectivity index (χ1) is 9.52. The van der Waals surface area contributed by atoms with Gasteiger partial charge in [-0.1, -0.05) is 18.2 Å². The zero-order valence-electron chi connectivity index (χ0n) is 13.2. The Kier molecular flexibility index (Phi) is 4.71. The first kappa shape index (κ1) is 15.3. The highest BCUT2D eigenvalue weighted by Crippen LogP contribution is 2.43. The summed E-state index contributed by atoms with van der Waals surface area (Å²) >= 11 is 0. The molecule has 1 aliphatic carbocycles. The molecule has 2 atom stereocenters. The average Bonchev–Trinajstić information content (AvgIpc) is 3.31. The van der Waals surface area contributed by atoms with Crippen LogP contribution in [0.5, 0.6) is 5.75 Å². The molecule has 3 nitrogen and oxygen atoms in total. The van der Waals surface area contributed by atoms with Crippen molar-refractivity contribution in [2.75, 3.05) is 20.7 Å². The molecular formula is C17H28N2O. The van der Waals surface area contributed by atoms with Gasteiger partial charge in [0.05, 0.1) is 7.11 Å². The van der Waals surface area contributed by atoms with E-state index < -0.39 is 0 Å². The fourth-order valence-corrected chi connectivity index (χ4v) is 3.13. The van der Waals surface area contributed by atoms with Crippen LogP contribution < -0.4 is 10.5 Å². The fourth-order valence-electron chi connectivity index (χ4n) is 3.13. The highest BCUT2D eigenvalue weighted by Gasteiger charge is 2.44. The first-order valence-corrected chi connectivity index (χ1v) is 7.57. The Morgan fingerprint density at radius 2 is 2.05 bits per heavy atom. The number of hydrogen-bond donors (Lipinski definition) is 1. The number of benzene rings is 1. The molecule has 1 fully saturated rings. The van der Waals surface area contributed by atoms with Gasteiger partial charge in [-0.05, 0) is 57.7 Å². The molecular weight excluding hydrogens is 248 g/mol. The first-order valence-electron chi connectivity index (χ1n) is 7.57. The van der Waals surface area contributed by atoms with E-state index in [1.807, 2.05) is 12.1 Å². The highest BCUT2D eigenvalue weighted by molar-refractivity contribution is 5.33. The molecule has 1 saturated carbocycles. The van der Waals surface area contributed by atoms with E-state index in [0.717, 1.165) is 24.6 Å². The molecule has 0 spiro atoms. The van der Waals surface area contributed by atoms with Crippen LogP contribution in [-0.2, 0) is 6.42 Å². The summed E-state index contributed by atoms with van der Waals surface area (Å²) in [6.07, 6.45) is 3.63. The van der Waals surface area contributed by atoms with Gasteiger partial charge in [0, 0.05) is 18.1 Å². The van der Waals surface area contributed by atoms with Crippen LogP contribution in [-0.4, -0.2) is 37.2 Å². The van der Waals surface area contributed by atoms with Gasteiger partial charge in [-0.3, -0.25) is 4.90 Å². The lowest BCUT2D eigenvalue weighted by Gasteiger charge is -2.42. The van der Waals surface area contributed by atoms with Gasteiger partial charge in [0.2, 0.25) is 0 Å². The van der Waals surface area contributed by atoms with Crippen LogP contribution in [0.1, 0.15) is 32.3 Å². The number of likely N-dealkylation sites (N-methyl/N-ethyl adjacent to an activating group) is 1. The molecule has 0 aromatic heterocycles. The highest BCUT2D eigenvalue weighted by atomic mass is 16.5. The molecule has 0 saturated heterocycles. The molecule has 2 rings (SSSR count). The Morgan fingerprint density at radius 1 is 1.40 bits per heavy atom. The van der Waals surface area contributed by atoms with Crippen LogP contribution in [0.25, 0.3) is 0 Å². The number of nitrogens with zero attached hydrogens (tertiary/aromatic N) is 1. The molecule has 0 aliphatic heterocycles. The fraction of sp³-hybridized carbons (Fsp3) is 0.647. The van der Waals surface area contributed by atoms with Crippen LogP contribution in [0.15, 0.2) is 24.3 Å². The molecule has 2 unspecified atom stereocenters. The van der Waals surface area contributed by atoms with Crippen LogP contribution in [0.4, 0.5) is 0 Å². The van der Waals surface area contributed by atoms with Crippen LogP contribution in [0.3, 0.4) is 0 Å². The van der Waals surface area contributed by atoms with Crippen molar-refractivity contribution in [3.05, 3.63) is 29.8 Å². The van der Waals surface area contributed by atoms with Gasteiger partial charge in [0.25, 0.3) is 0 Å². The molecule has 1 aromatic rings. The maximum absolute atomic E-state index is 6.07. The second-order valence-electron chi connectivity index (χ2n) is 6.31. The van der Waals surface area contributed by atoms with Crippen molar-refractivity contribution in [1.29, 1.82) is 0 Å². The van der Waals surface area contributed by atoms with E-state index in [4.69, 9.17) is 10.5 Å². The van der Waals surface area contributed by atoms with Crippen LogP contribution in [0.2, 0.25) is 0 Å². The predicted octanol–water partition coefficient (Wildman–Crippen LogP) is 2.69. The number of ether oxygens (including phenoxy) is 1. The largest absolute Gasteiger partial charge is 0.496 e. The summed E-state index contributed by atoms with van der Waals surface area (Å²) in [4.78, 5) is 2.47. The van der Waals surface area contributed by atoms with Crippen molar-refractivity contribution in [3.63, 3.8) is 0 Å². The molecule has 3 heteroatoms. The minimum atomic E-state index is 0.126. The third-order valence-electron chi connectivity index (χ3n) is 5.04. The van der Waals surface area contributed by atoms with Gasteiger partial charge in [-0.2, -0.15) is 0 Å². The molecule has 0 heterocycles. The third-order valence-corrected chi connectivity index (χ3v) is 5.04. The molecule has 20 heavy (non-hydrogen) atoms. The van der Waals surface area contributed by atoms with Crippen LogP contribution >= 0.6 is 0 Å². The van der Waals surface area contributed by atoms with Gasteiger partial charge in [0.15, 0.2) is 0 Å². The topological polar surface area (TPSA) is 38.5 Å². The van der Waals surface area contributed by atoms with Gasteiger partial charge in [-0.15, -0.1) is 0 Å². The second-order valence-corrected chi connectivity index (χ2v) is 6.31. The smallest absolute Gasteiger partial charge is 0.122 e. The quantitative estimate of drug-likeness (QED) is 0.832. The van der Waals surface area contributed by atoms with Crippen molar-refractivity contribution in [3.8, 4) is 5.75 Å². The Hall–Kier alpha value is -1.06. The van der Waals surface area contributed by atoms with Crippen molar-refractivity contribution < 1.29 is 4.74 Å². The summed E-state index contributed by atoms with van der Waals surface area (Å²) in [7, 11) is 3.95. The van der Waals surface area contributed by atoms with Gasteiger partial charge >= 0.3 is 0 Å². The Balaban J connectivity index is 2.09. The van der Waals surface area contributed by atoms with Gasteiger partial charge in [0.1, 0.15) is 5.75 Å². The normalized spacial score (nSPS) is 19.7. The SMILES string of the molecule is COc1ccccc1CC(C)N(C)C(C)(CN)C1CC1. The predicted molar refractivity (Wildman–Crippen MR) is 84.1 cm³/mol. The van der Waals surface area contributed by atoms with E-state index in [1.54, 1.807) is 7.11 Å². The summed E-state index contributed by atoms with van der Waals surface area (Å²) in [6, 6.07) is 8.73. The average molecular weight is 276 g/mol. The van der Waals surface area contributed by atoms with E-state index in [9.17, 15) is 0 Å². The van der Waals surface area contributed by atoms with E-state index in [1.165, 1.54) is 18.4 Å². The molecule has 2 N–H and O–H groups in total. The number of methoxy groups -OCH3 is 1. The summed E-state index contributed by atoms with van der Waals surface area (Å²) in [5.74, 6) is 1.74. The number of para-hydroxylation sites is 1. The van der Waals surface area contributed by atoms with E-state index >= 15 is 0 Å². The maximum atomic E-state index is 6.07. The van der Waals surface area contributed by atoms with Gasteiger partial charge < -0.3 is 10.5 Å².